The number of nitriles is 1. The molecule has 2 aromatic rings. The highest BCUT2D eigenvalue weighted by molar-refractivity contribution is 5.67. The van der Waals surface area contributed by atoms with Crippen LogP contribution in [0.25, 0.3) is 11.3 Å². The molecule has 1 aliphatic rings. The predicted octanol–water partition coefficient (Wildman–Crippen LogP) is 1.28. The monoisotopic (exact) mass is 326 g/mol. The van der Waals surface area contributed by atoms with E-state index in [-0.39, 0.29) is 11.7 Å². The summed E-state index contributed by atoms with van der Waals surface area (Å²) in [7, 11) is 1.57. The van der Waals surface area contributed by atoms with E-state index in [4.69, 9.17) is 4.74 Å². The molecule has 0 bridgehead atoms. The van der Waals surface area contributed by atoms with Gasteiger partial charge in [-0.1, -0.05) is 0 Å². The summed E-state index contributed by atoms with van der Waals surface area (Å²) in [6, 6.07) is 8.99. The van der Waals surface area contributed by atoms with Crippen molar-refractivity contribution in [3.05, 3.63) is 40.2 Å². The summed E-state index contributed by atoms with van der Waals surface area (Å²) in [5, 5.41) is 18.9. The van der Waals surface area contributed by atoms with Crippen molar-refractivity contribution in [3.63, 3.8) is 0 Å². The van der Waals surface area contributed by atoms with Crippen molar-refractivity contribution in [2.45, 2.75) is 18.9 Å². The highest BCUT2D eigenvalue weighted by Gasteiger charge is 2.21. The van der Waals surface area contributed by atoms with Gasteiger partial charge in [-0.2, -0.15) is 5.26 Å². The quantitative estimate of drug-likeness (QED) is 0.881. The van der Waals surface area contributed by atoms with E-state index in [1.165, 1.54) is 0 Å². The number of hydrogen-bond acceptors (Lipinski definition) is 6. The smallest absolute Gasteiger partial charge is 0.270 e. The summed E-state index contributed by atoms with van der Waals surface area (Å²) in [6.07, 6.45) is 0.941. The minimum atomic E-state index is -0.459. The summed E-state index contributed by atoms with van der Waals surface area (Å²) < 4.78 is 5.13. The van der Waals surface area contributed by atoms with Crippen molar-refractivity contribution in [2.75, 3.05) is 25.1 Å². The maximum Gasteiger partial charge on any atom is 0.270 e. The zero-order valence-corrected chi connectivity index (χ0v) is 13.3. The Bertz CT molecular complexity index is 815. The normalized spacial score (nSPS) is 15.1. The standard InChI is InChI=1S/C17H18N4O3/c1-24-13-4-2-11(3-5-13)15-14(10-18)16(23)20-17(19-15)21-8-6-12(22)7-9-21/h2-5,12,22H,6-9H2,1H3,(H,19,20,23). The van der Waals surface area contributed by atoms with Gasteiger partial charge in [-0.15, -0.1) is 0 Å². The van der Waals surface area contributed by atoms with Crippen LogP contribution in [0.15, 0.2) is 29.1 Å². The van der Waals surface area contributed by atoms with Crippen LogP contribution in [-0.4, -0.2) is 41.4 Å². The van der Waals surface area contributed by atoms with Gasteiger partial charge in [0, 0.05) is 18.7 Å². The molecule has 2 heterocycles. The Morgan fingerprint density at radius 1 is 1.33 bits per heavy atom. The third-order valence-electron chi connectivity index (χ3n) is 4.15. The maximum atomic E-state index is 12.3. The Balaban J connectivity index is 2.03. The van der Waals surface area contributed by atoms with Crippen molar-refractivity contribution in [1.29, 1.82) is 5.26 Å². The fourth-order valence-electron chi connectivity index (χ4n) is 2.75. The third kappa shape index (κ3) is 3.09. The lowest BCUT2D eigenvalue weighted by atomic mass is 10.1. The molecule has 0 atom stereocenters. The lowest BCUT2D eigenvalue weighted by Crippen LogP contribution is -2.38. The predicted molar refractivity (Wildman–Crippen MR) is 89.0 cm³/mol. The number of nitrogens with zero attached hydrogens (tertiary/aromatic N) is 3. The molecule has 0 amide bonds. The molecule has 1 aliphatic heterocycles. The number of aromatic amines is 1. The number of rotatable bonds is 3. The van der Waals surface area contributed by atoms with E-state index in [9.17, 15) is 15.2 Å². The van der Waals surface area contributed by atoms with E-state index in [1.54, 1.807) is 31.4 Å². The van der Waals surface area contributed by atoms with Gasteiger partial charge in [0.25, 0.3) is 5.56 Å². The van der Waals surface area contributed by atoms with Crippen LogP contribution in [0.4, 0.5) is 5.95 Å². The van der Waals surface area contributed by atoms with Crippen molar-refractivity contribution in [2.24, 2.45) is 0 Å². The molecule has 1 saturated heterocycles. The molecule has 1 aromatic carbocycles. The fourth-order valence-corrected chi connectivity index (χ4v) is 2.75. The van der Waals surface area contributed by atoms with Crippen LogP contribution in [0.5, 0.6) is 5.75 Å². The second-order valence-corrected chi connectivity index (χ2v) is 5.67. The first-order valence-corrected chi connectivity index (χ1v) is 7.74. The highest BCUT2D eigenvalue weighted by Crippen LogP contribution is 2.24. The number of methoxy groups -OCH3 is 1. The number of H-pyrrole nitrogens is 1. The lowest BCUT2D eigenvalue weighted by Gasteiger charge is -2.30. The lowest BCUT2D eigenvalue weighted by molar-refractivity contribution is 0.145. The number of nitrogens with one attached hydrogen (secondary N) is 1. The average molecular weight is 326 g/mol. The van der Waals surface area contributed by atoms with Gasteiger partial charge in [0.05, 0.1) is 18.9 Å². The van der Waals surface area contributed by atoms with Crippen LogP contribution >= 0.6 is 0 Å². The largest absolute Gasteiger partial charge is 0.497 e. The minimum Gasteiger partial charge on any atom is -0.497 e. The first-order chi connectivity index (χ1) is 11.6. The minimum absolute atomic E-state index is 0.0130. The Hall–Kier alpha value is -2.85. The molecule has 1 aromatic heterocycles. The molecule has 124 valence electrons. The van der Waals surface area contributed by atoms with E-state index in [0.717, 1.165) is 0 Å². The molecule has 0 saturated carbocycles. The molecule has 0 spiro atoms. The second-order valence-electron chi connectivity index (χ2n) is 5.67. The van der Waals surface area contributed by atoms with Crippen molar-refractivity contribution in [1.82, 2.24) is 9.97 Å². The summed E-state index contributed by atoms with van der Waals surface area (Å²) in [5.74, 6) is 1.11. The Morgan fingerprint density at radius 3 is 2.58 bits per heavy atom. The topological polar surface area (TPSA) is 102 Å². The first-order valence-electron chi connectivity index (χ1n) is 7.74. The van der Waals surface area contributed by atoms with Gasteiger partial charge in [-0.25, -0.2) is 4.98 Å². The molecule has 7 heteroatoms. The fraction of sp³-hybridized carbons (Fsp3) is 0.353. The van der Waals surface area contributed by atoms with E-state index < -0.39 is 5.56 Å². The zero-order valence-electron chi connectivity index (χ0n) is 13.3. The number of aromatic nitrogens is 2. The van der Waals surface area contributed by atoms with Crippen LogP contribution in [-0.2, 0) is 0 Å². The SMILES string of the molecule is COc1ccc(-c2nc(N3CCC(O)CC3)[nH]c(=O)c2C#N)cc1. The molecular formula is C17H18N4O3. The molecular weight excluding hydrogens is 308 g/mol. The molecule has 7 nitrogen and oxygen atoms in total. The molecule has 0 unspecified atom stereocenters. The summed E-state index contributed by atoms with van der Waals surface area (Å²) in [5.41, 5.74) is 0.558. The van der Waals surface area contributed by atoms with Crippen molar-refractivity contribution >= 4 is 5.95 Å². The van der Waals surface area contributed by atoms with E-state index in [0.29, 0.717) is 48.9 Å². The van der Waals surface area contributed by atoms with E-state index >= 15 is 0 Å². The maximum absolute atomic E-state index is 12.3. The average Bonchev–Trinajstić information content (AvgIpc) is 2.61. The van der Waals surface area contributed by atoms with Gasteiger partial charge in [0.1, 0.15) is 17.4 Å². The number of aliphatic hydroxyl groups is 1. The van der Waals surface area contributed by atoms with Gasteiger partial charge >= 0.3 is 0 Å². The number of aliphatic hydroxyl groups excluding tert-OH is 1. The molecule has 1 fully saturated rings. The molecule has 24 heavy (non-hydrogen) atoms. The zero-order chi connectivity index (χ0) is 17.1. The Kier molecular flexibility index (Phi) is 4.49. The summed E-state index contributed by atoms with van der Waals surface area (Å²) in [6.45, 7) is 1.22. The Labute approximate surface area is 139 Å². The number of benzene rings is 1. The van der Waals surface area contributed by atoms with Gasteiger partial charge in [0.2, 0.25) is 5.95 Å². The van der Waals surface area contributed by atoms with Gasteiger partial charge in [-0.05, 0) is 37.1 Å². The van der Waals surface area contributed by atoms with Gasteiger partial charge in [0.15, 0.2) is 0 Å². The number of piperidine rings is 1. The third-order valence-corrected chi connectivity index (χ3v) is 4.15. The summed E-state index contributed by atoms with van der Waals surface area (Å²) in [4.78, 5) is 21.4. The molecule has 0 radical (unpaired) electrons. The summed E-state index contributed by atoms with van der Waals surface area (Å²) >= 11 is 0. The number of anilines is 1. The van der Waals surface area contributed by atoms with Crippen LogP contribution in [0.3, 0.4) is 0 Å². The molecule has 2 N–H and O–H groups in total. The first kappa shape index (κ1) is 16.0. The van der Waals surface area contributed by atoms with Crippen molar-refractivity contribution in [3.8, 4) is 23.1 Å². The van der Waals surface area contributed by atoms with Crippen molar-refractivity contribution < 1.29 is 9.84 Å². The van der Waals surface area contributed by atoms with Gasteiger partial charge < -0.3 is 14.7 Å². The van der Waals surface area contributed by atoms with E-state index in [1.807, 2.05) is 11.0 Å². The van der Waals surface area contributed by atoms with Crippen LogP contribution < -0.4 is 15.2 Å². The number of ether oxygens (including phenoxy) is 1. The Morgan fingerprint density at radius 2 is 2.00 bits per heavy atom. The highest BCUT2D eigenvalue weighted by atomic mass is 16.5. The second kappa shape index (κ2) is 6.72. The van der Waals surface area contributed by atoms with E-state index in [2.05, 4.69) is 9.97 Å². The number of hydrogen-bond donors (Lipinski definition) is 2. The molecule has 3 rings (SSSR count). The van der Waals surface area contributed by atoms with Crippen LogP contribution in [0, 0.1) is 11.3 Å². The van der Waals surface area contributed by atoms with Crippen LogP contribution in [0.2, 0.25) is 0 Å². The molecule has 0 aliphatic carbocycles. The van der Waals surface area contributed by atoms with Crippen LogP contribution in [0.1, 0.15) is 18.4 Å². The van der Waals surface area contributed by atoms with Gasteiger partial charge in [-0.3, -0.25) is 9.78 Å².